The lowest BCUT2D eigenvalue weighted by Crippen LogP contribution is -2.50. The van der Waals surface area contributed by atoms with Gasteiger partial charge in [0.15, 0.2) is 0 Å². The summed E-state index contributed by atoms with van der Waals surface area (Å²) in [7, 11) is 0. The summed E-state index contributed by atoms with van der Waals surface area (Å²) in [6.07, 6.45) is 10.3. The fourth-order valence-corrected chi connectivity index (χ4v) is 5.14. The van der Waals surface area contributed by atoms with Crippen LogP contribution >= 0.6 is 0 Å². The smallest absolute Gasteiger partial charge is 0.253 e. The van der Waals surface area contributed by atoms with Gasteiger partial charge in [-0.05, 0) is 55.9 Å². The molecule has 2 amide bonds. The van der Waals surface area contributed by atoms with Gasteiger partial charge in [0, 0.05) is 24.7 Å². The molecule has 1 aromatic rings. The molecule has 3 atom stereocenters. The van der Waals surface area contributed by atoms with E-state index in [2.05, 4.69) is 16.2 Å². The summed E-state index contributed by atoms with van der Waals surface area (Å²) in [5.41, 5.74) is 7.05. The van der Waals surface area contributed by atoms with Crippen LogP contribution < -0.4 is 16.2 Å². The minimum atomic E-state index is -0.359. The van der Waals surface area contributed by atoms with E-state index in [0.717, 1.165) is 25.2 Å². The van der Waals surface area contributed by atoms with E-state index in [-0.39, 0.29) is 29.7 Å². The van der Waals surface area contributed by atoms with Crippen LogP contribution in [0.3, 0.4) is 0 Å². The molecule has 0 aromatic heterocycles. The van der Waals surface area contributed by atoms with E-state index in [4.69, 9.17) is 0 Å². The molecule has 0 radical (unpaired) electrons. The first-order valence-electron chi connectivity index (χ1n) is 11.4. The molecule has 164 valence electrons. The van der Waals surface area contributed by atoms with Gasteiger partial charge in [-0.3, -0.25) is 15.0 Å². The Labute approximate surface area is 177 Å². The zero-order valence-corrected chi connectivity index (χ0v) is 17.5. The van der Waals surface area contributed by atoms with Crippen molar-refractivity contribution in [1.29, 1.82) is 0 Å². The number of halogens is 1. The number of likely N-dealkylation sites (tertiary alicyclic amines) is 1. The fourth-order valence-electron chi connectivity index (χ4n) is 5.14. The van der Waals surface area contributed by atoms with Gasteiger partial charge in [-0.25, -0.2) is 9.82 Å². The molecule has 6 nitrogen and oxygen atoms in total. The van der Waals surface area contributed by atoms with Gasteiger partial charge in [-0.1, -0.05) is 32.1 Å². The number of carbonyl (C=O) groups is 2. The van der Waals surface area contributed by atoms with Crippen LogP contribution in [0.5, 0.6) is 0 Å². The maximum absolute atomic E-state index is 13.1. The Bertz CT molecular complexity index is 735. The Kier molecular flexibility index (Phi) is 7.00. The number of hydrogen-bond acceptors (Lipinski definition) is 4. The zero-order chi connectivity index (χ0) is 20.9. The van der Waals surface area contributed by atoms with Crippen molar-refractivity contribution in [2.75, 3.05) is 13.1 Å². The van der Waals surface area contributed by atoms with Crippen molar-refractivity contribution in [3.63, 3.8) is 0 Å². The monoisotopic (exact) mass is 416 g/mol. The molecule has 2 aliphatic heterocycles. The van der Waals surface area contributed by atoms with E-state index in [0.29, 0.717) is 24.7 Å². The summed E-state index contributed by atoms with van der Waals surface area (Å²) in [5, 5.41) is 3.12. The number of carbonyl (C=O) groups excluding carboxylic acids is 2. The summed E-state index contributed by atoms with van der Waals surface area (Å²) in [4.78, 5) is 27.3. The predicted molar refractivity (Wildman–Crippen MR) is 113 cm³/mol. The van der Waals surface area contributed by atoms with E-state index in [1.54, 1.807) is 4.90 Å². The van der Waals surface area contributed by atoms with Crippen LogP contribution in [0.2, 0.25) is 0 Å². The highest BCUT2D eigenvalue weighted by molar-refractivity contribution is 5.94. The maximum atomic E-state index is 13.1. The van der Waals surface area contributed by atoms with Crippen LogP contribution in [-0.2, 0) is 4.79 Å². The Morgan fingerprint density at radius 1 is 1.03 bits per heavy atom. The molecule has 0 spiro atoms. The number of amides is 2. The molecule has 3 N–H and O–H groups in total. The number of hydrogen-bond donors (Lipinski definition) is 3. The third-order valence-electron chi connectivity index (χ3n) is 6.81. The van der Waals surface area contributed by atoms with Crippen LogP contribution in [0.25, 0.3) is 0 Å². The van der Waals surface area contributed by atoms with Crippen LogP contribution in [0.4, 0.5) is 4.39 Å². The van der Waals surface area contributed by atoms with Crippen molar-refractivity contribution in [1.82, 2.24) is 21.1 Å². The molecule has 1 saturated carbocycles. The van der Waals surface area contributed by atoms with Gasteiger partial charge in [0.25, 0.3) is 5.91 Å². The quantitative estimate of drug-likeness (QED) is 0.690. The van der Waals surface area contributed by atoms with Crippen molar-refractivity contribution in [2.45, 2.75) is 70.0 Å². The molecule has 30 heavy (non-hydrogen) atoms. The standard InChI is InChI=1S/C23H33FN4O2/c24-19-10-8-17(9-11-19)23(30)28-12-4-7-18(15-28)22(29)25-21-14-20(26-27-21)13-16-5-2-1-3-6-16/h8-11,16,18,20-21,26-27H,1-7,12-15H2,(H,25,29). The van der Waals surface area contributed by atoms with Crippen molar-refractivity contribution in [3.8, 4) is 0 Å². The molecular formula is C23H33FN4O2. The summed E-state index contributed by atoms with van der Waals surface area (Å²) >= 11 is 0. The molecule has 7 heteroatoms. The molecular weight excluding hydrogens is 383 g/mol. The van der Waals surface area contributed by atoms with Gasteiger partial charge in [-0.2, -0.15) is 0 Å². The fraction of sp³-hybridized carbons (Fsp3) is 0.652. The topological polar surface area (TPSA) is 73.5 Å². The average molecular weight is 417 g/mol. The van der Waals surface area contributed by atoms with E-state index in [1.807, 2.05) is 0 Å². The van der Waals surface area contributed by atoms with Crippen LogP contribution in [-0.4, -0.2) is 42.0 Å². The lowest BCUT2D eigenvalue weighted by Gasteiger charge is -2.32. The Balaban J connectivity index is 1.25. The predicted octanol–water partition coefficient (Wildman–Crippen LogP) is 2.96. The summed E-state index contributed by atoms with van der Waals surface area (Å²) in [6, 6.07) is 6.00. The van der Waals surface area contributed by atoms with Crippen molar-refractivity contribution >= 4 is 11.8 Å². The van der Waals surface area contributed by atoms with Crippen molar-refractivity contribution in [3.05, 3.63) is 35.6 Å². The summed E-state index contributed by atoms with van der Waals surface area (Å²) < 4.78 is 13.1. The lowest BCUT2D eigenvalue weighted by atomic mass is 9.84. The molecule has 3 unspecified atom stereocenters. The van der Waals surface area contributed by atoms with Crippen molar-refractivity contribution < 1.29 is 14.0 Å². The number of benzene rings is 1. The zero-order valence-electron chi connectivity index (χ0n) is 17.5. The number of hydrazine groups is 1. The van der Waals surface area contributed by atoms with Gasteiger partial charge < -0.3 is 10.2 Å². The summed E-state index contributed by atoms with van der Waals surface area (Å²) in [6.45, 7) is 1.04. The van der Waals surface area contributed by atoms with Gasteiger partial charge in [0.2, 0.25) is 5.91 Å². The molecule has 3 aliphatic rings. The second-order valence-corrected chi connectivity index (χ2v) is 9.12. The van der Waals surface area contributed by atoms with E-state index >= 15 is 0 Å². The molecule has 2 heterocycles. The SMILES string of the molecule is O=C(NC1CC(CC2CCCCC2)NN1)C1CCCN(C(=O)c2ccc(F)cc2)C1. The normalized spacial score (nSPS) is 27.8. The Morgan fingerprint density at radius 3 is 2.57 bits per heavy atom. The third kappa shape index (κ3) is 5.38. The summed E-state index contributed by atoms with van der Waals surface area (Å²) in [5.74, 6) is 0.103. The highest BCUT2D eigenvalue weighted by atomic mass is 19.1. The second kappa shape index (κ2) is 9.88. The average Bonchev–Trinajstić information content (AvgIpc) is 3.21. The highest BCUT2D eigenvalue weighted by Gasteiger charge is 2.32. The van der Waals surface area contributed by atoms with Crippen molar-refractivity contribution in [2.24, 2.45) is 11.8 Å². The largest absolute Gasteiger partial charge is 0.339 e. The first-order chi connectivity index (χ1) is 14.6. The lowest BCUT2D eigenvalue weighted by molar-refractivity contribution is -0.127. The van der Waals surface area contributed by atoms with E-state index < -0.39 is 0 Å². The molecule has 1 aromatic carbocycles. The molecule has 4 rings (SSSR count). The number of nitrogens with one attached hydrogen (secondary N) is 3. The van der Waals surface area contributed by atoms with Gasteiger partial charge in [-0.15, -0.1) is 0 Å². The first-order valence-corrected chi connectivity index (χ1v) is 11.4. The Hall–Kier alpha value is -1.99. The Morgan fingerprint density at radius 2 is 1.80 bits per heavy atom. The number of piperidine rings is 1. The van der Waals surface area contributed by atoms with Crippen LogP contribution in [0, 0.1) is 17.7 Å². The van der Waals surface area contributed by atoms with Crippen LogP contribution in [0.1, 0.15) is 68.1 Å². The van der Waals surface area contributed by atoms with Gasteiger partial charge >= 0.3 is 0 Å². The van der Waals surface area contributed by atoms with E-state index in [9.17, 15) is 14.0 Å². The minimum Gasteiger partial charge on any atom is -0.339 e. The molecule has 2 saturated heterocycles. The molecule has 1 aliphatic carbocycles. The van der Waals surface area contributed by atoms with Gasteiger partial charge in [0.1, 0.15) is 5.82 Å². The van der Waals surface area contributed by atoms with Crippen LogP contribution in [0.15, 0.2) is 24.3 Å². The number of rotatable bonds is 5. The molecule has 3 fully saturated rings. The number of nitrogens with zero attached hydrogens (tertiary/aromatic N) is 1. The third-order valence-corrected chi connectivity index (χ3v) is 6.81. The second-order valence-electron chi connectivity index (χ2n) is 9.12. The molecule has 0 bridgehead atoms. The first kappa shape index (κ1) is 21.2. The maximum Gasteiger partial charge on any atom is 0.253 e. The van der Waals surface area contributed by atoms with Gasteiger partial charge in [0.05, 0.1) is 12.1 Å². The minimum absolute atomic E-state index is 0.00391. The van der Waals surface area contributed by atoms with E-state index in [1.165, 1.54) is 62.8 Å². The highest BCUT2D eigenvalue weighted by Crippen LogP contribution is 2.29.